The number of aryl methyl sites for hydroxylation is 2. The van der Waals surface area contributed by atoms with Crippen LogP contribution in [0.5, 0.6) is 0 Å². The van der Waals surface area contributed by atoms with Crippen LogP contribution in [-0.4, -0.2) is 77.5 Å². The van der Waals surface area contributed by atoms with Gasteiger partial charge in [0, 0.05) is 30.8 Å². The second-order valence-electron chi connectivity index (χ2n) is 12.3. The first-order chi connectivity index (χ1) is 21.0. The van der Waals surface area contributed by atoms with Gasteiger partial charge in [0.15, 0.2) is 0 Å². The molecule has 0 aromatic heterocycles. The monoisotopic (exact) mass is 652 g/mol. The molecule has 244 valence electrons. The lowest BCUT2D eigenvalue weighted by Crippen LogP contribution is -2.50. The molecule has 2 aromatic rings. The Bertz CT molecular complexity index is 1630. The van der Waals surface area contributed by atoms with E-state index < -0.39 is 45.3 Å². The molecule has 9 nitrogen and oxygen atoms in total. The van der Waals surface area contributed by atoms with Crippen molar-refractivity contribution in [1.82, 2.24) is 14.5 Å². The molecule has 2 fully saturated rings. The average Bonchev–Trinajstić information content (AvgIpc) is 3.26. The number of nitrogens with one attached hydrogen (secondary N) is 1. The highest BCUT2D eigenvalue weighted by Gasteiger charge is 2.48. The molecule has 2 unspecified atom stereocenters. The van der Waals surface area contributed by atoms with Crippen molar-refractivity contribution in [3.8, 4) is 0 Å². The average molecular weight is 653 g/mol. The largest absolute Gasteiger partial charge is 0.419 e. The molecule has 2 atom stereocenters. The maximum atomic E-state index is 13.8. The summed E-state index contributed by atoms with van der Waals surface area (Å²) in [5.41, 5.74) is -0.112. The van der Waals surface area contributed by atoms with Gasteiger partial charge in [-0.2, -0.15) is 13.2 Å². The minimum Gasteiger partial charge on any atom is -0.374 e. The number of amidine groups is 1. The third kappa shape index (κ3) is 6.63. The topological polar surface area (TPSA) is 119 Å². The van der Waals surface area contributed by atoms with Crippen LogP contribution in [-0.2, 0) is 27.4 Å². The highest BCUT2D eigenvalue weighted by molar-refractivity contribution is 7.89. The van der Waals surface area contributed by atoms with E-state index in [1.54, 1.807) is 12.1 Å². The molecule has 5 rings (SSSR count). The zero-order valence-electron chi connectivity index (χ0n) is 25.2. The zero-order chi connectivity index (χ0) is 32.9. The first-order valence-electron chi connectivity index (χ1n) is 14.9. The number of amides is 2. The number of halogens is 4. The van der Waals surface area contributed by atoms with Crippen molar-refractivity contribution in [1.29, 1.82) is 0 Å². The summed E-state index contributed by atoms with van der Waals surface area (Å²) in [6.07, 6.45) is -4.17. The Kier molecular flexibility index (Phi) is 8.88. The second-order valence-corrected chi connectivity index (χ2v) is 14.4. The molecular formula is C31H36F4N4O5S. The fourth-order valence-electron chi connectivity index (χ4n) is 6.40. The SMILES string of the molecule is Cc1cc(C(=O)N2CCC(C)CC2O)cc(C)c1CCS(=O)(=O)N1CCC2(CC1)N=C(c1ccc(F)c(C(F)(F)F)c1)NC2=O. The summed E-state index contributed by atoms with van der Waals surface area (Å²) in [6.45, 7) is 6.12. The number of aliphatic hydroxyl groups excluding tert-OH is 1. The number of carbonyl (C=O) groups is 2. The third-order valence-electron chi connectivity index (χ3n) is 9.12. The molecule has 0 bridgehead atoms. The van der Waals surface area contributed by atoms with Gasteiger partial charge < -0.3 is 15.3 Å². The Morgan fingerprint density at radius 1 is 1.11 bits per heavy atom. The maximum absolute atomic E-state index is 13.8. The van der Waals surface area contributed by atoms with Crippen molar-refractivity contribution in [2.45, 2.75) is 70.8 Å². The number of piperidine rings is 2. The summed E-state index contributed by atoms with van der Waals surface area (Å²) in [5.74, 6) is -2.22. The molecule has 0 aliphatic carbocycles. The molecule has 3 aliphatic heterocycles. The van der Waals surface area contributed by atoms with E-state index in [-0.39, 0.29) is 55.4 Å². The number of rotatable bonds is 6. The van der Waals surface area contributed by atoms with Crippen LogP contribution in [0, 0.1) is 25.6 Å². The van der Waals surface area contributed by atoms with Gasteiger partial charge in [0.05, 0.1) is 11.3 Å². The summed E-state index contributed by atoms with van der Waals surface area (Å²) < 4.78 is 81.3. The Morgan fingerprint density at radius 3 is 2.36 bits per heavy atom. The standard InChI is InChI=1S/C31H36F4N4O5S/c1-18-6-10-39(26(40)14-18)28(41)22-15-19(2)23(20(3)16-22)7-13-45(43,44)38-11-8-30(9-12-38)29(42)36-27(37-30)21-4-5-25(32)24(17-21)31(33,34)35/h4-5,15-18,26,40H,6-14H2,1-3H3,(H,36,37,42). The molecule has 1 spiro atoms. The number of aliphatic hydroxyl groups is 1. The van der Waals surface area contributed by atoms with E-state index in [0.717, 1.165) is 29.2 Å². The zero-order valence-corrected chi connectivity index (χ0v) is 26.1. The summed E-state index contributed by atoms with van der Waals surface area (Å²) in [6, 6.07) is 5.81. The second kappa shape index (κ2) is 12.1. The number of carbonyl (C=O) groups excluding carboxylic acids is 2. The van der Waals surface area contributed by atoms with E-state index >= 15 is 0 Å². The molecule has 3 aliphatic rings. The number of nitrogens with zero attached hydrogens (tertiary/aromatic N) is 3. The van der Waals surface area contributed by atoms with Crippen LogP contribution in [0.3, 0.4) is 0 Å². The van der Waals surface area contributed by atoms with Crippen molar-refractivity contribution >= 4 is 27.7 Å². The molecule has 45 heavy (non-hydrogen) atoms. The van der Waals surface area contributed by atoms with E-state index in [9.17, 15) is 40.7 Å². The van der Waals surface area contributed by atoms with Gasteiger partial charge in [-0.1, -0.05) is 6.92 Å². The van der Waals surface area contributed by atoms with Crippen molar-refractivity contribution < 1.29 is 40.7 Å². The Labute approximate surface area is 259 Å². The summed E-state index contributed by atoms with van der Waals surface area (Å²) in [7, 11) is -3.75. The van der Waals surface area contributed by atoms with Crippen LogP contribution < -0.4 is 5.32 Å². The van der Waals surface area contributed by atoms with E-state index in [1.807, 2.05) is 20.8 Å². The van der Waals surface area contributed by atoms with Gasteiger partial charge in [-0.3, -0.25) is 14.6 Å². The fraction of sp³-hybridized carbons (Fsp3) is 0.516. The highest BCUT2D eigenvalue weighted by atomic mass is 32.2. The van der Waals surface area contributed by atoms with Crippen LogP contribution in [0.15, 0.2) is 35.3 Å². The highest BCUT2D eigenvalue weighted by Crippen LogP contribution is 2.35. The van der Waals surface area contributed by atoms with Crippen LogP contribution in [0.4, 0.5) is 17.6 Å². The van der Waals surface area contributed by atoms with Gasteiger partial charge in [-0.05, 0) is 98.9 Å². The van der Waals surface area contributed by atoms with E-state index in [0.29, 0.717) is 36.6 Å². The van der Waals surface area contributed by atoms with Gasteiger partial charge in [0.1, 0.15) is 23.4 Å². The molecule has 2 N–H and O–H groups in total. The lowest BCUT2D eigenvalue weighted by Gasteiger charge is -2.35. The van der Waals surface area contributed by atoms with E-state index in [1.165, 1.54) is 9.21 Å². The quantitative estimate of drug-likeness (QED) is 0.459. The van der Waals surface area contributed by atoms with Crippen LogP contribution in [0.25, 0.3) is 0 Å². The minimum absolute atomic E-state index is 0.00800. The van der Waals surface area contributed by atoms with Crippen LogP contribution in [0.2, 0.25) is 0 Å². The van der Waals surface area contributed by atoms with Crippen LogP contribution in [0.1, 0.15) is 70.8 Å². The first-order valence-corrected chi connectivity index (χ1v) is 16.5. The molecule has 3 heterocycles. The Balaban J connectivity index is 1.24. The van der Waals surface area contributed by atoms with Crippen molar-refractivity contribution in [2.24, 2.45) is 10.9 Å². The third-order valence-corrected chi connectivity index (χ3v) is 11.0. The number of alkyl halides is 3. The Hall–Kier alpha value is -3.36. The predicted octanol–water partition coefficient (Wildman–Crippen LogP) is 3.94. The molecule has 14 heteroatoms. The normalized spacial score (nSPS) is 22.4. The van der Waals surface area contributed by atoms with Gasteiger partial charge in [0.25, 0.3) is 11.8 Å². The predicted molar refractivity (Wildman–Crippen MR) is 158 cm³/mol. The van der Waals surface area contributed by atoms with Gasteiger partial charge in [-0.15, -0.1) is 0 Å². The molecular weight excluding hydrogens is 616 g/mol. The first kappa shape index (κ1) is 33.0. The lowest BCUT2D eigenvalue weighted by atomic mass is 9.89. The maximum Gasteiger partial charge on any atom is 0.419 e. The summed E-state index contributed by atoms with van der Waals surface area (Å²) >= 11 is 0. The number of sulfonamides is 1. The van der Waals surface area contributed by atoms with E-state index in [2.05, 4.69) is 10.3 Å². The smallest absolute Gasteiger partial charge is 0.374 e. The Morgan fingerprint density at radius 2 is 1.76 bits per heavy atom. The number of hydrogen-bond acceptors (Lipinski definition) is 6. The fourth-order valence-corrected chi connectivity index (χ4v) is 7.86. The van der Waals surface area contributed by atoms with Gasteiger partial charge >= 0.3 is 6.18 Å². The molecule has 0 radical (unpaired) electrons. The van der Waals surface area contributed by atoms with Crippen molar-refractivity contribution in [2.75, 3.05) is 25.4 Å². The molecule has 2 saturated heterocycles. The number of likely N-dealkylation sites (tertiary alicyclic amines) is 1. The van der Waals surface area contributed by atoms with Gasteiger partial charge in [0.2, 0.25) is 10.0 Å². The molecule has 2 amide bonds. The molecule has 0 saturated carbocycles. The lowest BCUT2D eigenvalue weighted by molar-refractivity contribution is -0.140. The summed E-state index contributed by atoms with van der Waals surface area (Å²) in [5, 5.41) is 12.9. The number of benzene rings is 2. The minimum atomic E-state index is -4.92. The van der Waals surface area contributed by atoms with Crippen molar-refractivity contribution in [3.63, 3.8) is 0 Å². The van der Waals surface area contributed by atoms with Gasteiger partial charge in [-0.25, -0.2) is 17.1 Å². The van der Waals surface area contributed by atoms with Crippen LogP contribution >= 0.6 is 0 Å². The molecule has 2 aromatic carbocycles. The summed E-state index contributed by atoms with van der Waals surface area (Å²) in [4.78, 5) is 31.9. The number of aliphatic imine (C=N–C) groups is 1. The van der Waals surface area contributed by atoms with Crippen molar-refractivity contribution in [3.05, 3.63) is 69.5 Å². The van der Waals surface area contributed by atoms with E-state index in [4.69, 9.17) is 0 Å². The number of hydrogen-bond donors (Lipinski definition) is 2.